The third-order valence-corrected chi connectivity index (χ3v) is 2.74. The van der Waals surface area contributed by atoms with E-state index in [-0.39, 0.29) is 51.4 Å². The molecule has 0 N–H and O–H groups in total. The fraction of sp³-hybridized carbons (Fsp3) is 0.222. The number of carbonyl (C=O) groups excluding carboxylic acids is 1. The minimum atomic E-state index is -5.56. The van der Waals surface area contributed by atoms with Gasteiger partial charge in [-0.15, -0.1) is 5.46 Å². The van der Waals surface area contributed by atoms with E-state index in [0.29, 0.717) is 12.1 Å². The Bertz CT molecular complexity index is 646. The summed E-state index contributed by atoms with van der Waals surface area (Å²) in [4.78, 5) is 11.2. The second-order valence-electron chi connectivity index (χ2n) is 3.73. The van der Waals surface area contributed by atoms with Crippen molar-refractivity contribution < 1.29 is 90.3 Å². The van der Waals surface area contributed by atoms with Crippen LogP contribution in [0.25, 0.3) is 0 Å². The van der Waals surface area contributed by atoms with E-state index in [9.17, 15) is 30.0 Å². The molecular weight excluding hydrogens is 346 g/mol. The van der Waals surface area contributed by atoms with Crippen molar-refractivity contribution >= 4 is 28.9 Å². The van der Waals surface area contributed by atoms with Crippen LogP contribution in [0.2, 0.25) is 0 Å². The first-order valence-corrected chi connectivity index (χ1v) is 6.33. The minimum absolute atomic E-state index is 0. The van der Waals surface area contributed by atoms with Crippen LogP contribution in [0, 0.1) is 6.92 Å². The molecule has 0 aliphatic rings. The van der Waals surface area contributed by atoms with Gasteiger partial charge in [0.25, 0.3) is 0 Å². The van der Waals surface area contributed by atoms with Gasteiger partial charge in [-0.2, -0.15) is 8.42 Å². The van der Waals surface area contributed by atoms with Crippen LogP contribution in [-0.2, 0) is 15.2 Å². The number of ether oxygens (including phenoxy) is 1. The summed E-state index contributed by atoms with van der Waals surface area (Å²) < 4.78 is 79.7. The summed E-state index contributed by atoms with van der Waals surface area (Å²) in [5, 5.41) is 0. The molecule has 0 fully saturated rings. The standard InChI is InChI=1S/C9H8BF4O5S.K/c1-5-7(10(11,12)13)3-6(9(15)18-2)4-8(5)19-20(14,16)17;/h3-4H,1-2H3;/q-1;+1. The van der Waals surface area contributed by atoms with Gasteiger partial charge in [0.1, 0.15) is 5.75 Å². The van der Waals surface area contributed by atoms with E-state index >= 15 is 0 Å². The van der Waals surface area contributed by atoms with Gasteiger partial charge in [0, 0.05) is 0 Å². The number of hydrogen-bond acceptors (Lipinski definition) is 5. The molecule has 0 radical (unpaired) electrons. The van der Waals surface area contributed by atoms with Crippen molar-refractivity contribution in [2.45, 2.75) is 6.92 Å². The second kappa shape index (κ2) is 7.42. The Morgan fingerprint density at radius 3 is 2.14 bits per heavy atom. The van der Waals surface area contributed by atoms with Gasteiger partial charge < -0.3 is 21.9 Å². The van der Waals surface area contributed by atoms with Crippen molar-refractivity contribution in [1.82, 2.24) is 0 Å². The van der Waals surface area contributed by atoms with Gasteiger partial charge in [-0.25, -0.2) is 4.79 Å². The van der Waals surface area contributed by atoms with Gasteiger partial charge in [0.05, 0.1) is 12.7 Å². The van der Waals surface area contributed by atoms with E-state index in [1.54, 1.807) is 0 Å². The molecule has 0 saturated carbocycles. The summed E-state index contributed by atoms with van der Waals surface area (Å²) in [5.41, 5.74) is -2.52. The van der Waals surface area contributed by atoms with Crippen molar-refractivity contribution in [3.8, 4) is 5.75 Å². The van der Waals surface area contributed by atoms with E-state index in [2.05, 4.69) is 8.92 Å². The van der Waals surface area contributed by atoms with Gasteiger partial charge in [-0.1, -0.05) is 9.95 Å². The first-order chi connectivity index (χ1) is 8.95. The van der Waals surface area contributed by atoms with E-state index < -0.39 is 45.8 Å². The Labute approximate surface area is 160 Å². The third kappa shape index (κ3) is 5.87. The van der Waals surface area contributed by atoms with Gasteiger partial charge in [-0.3, -0.25) is 0 Å². The zero-order chi connectivity index (χ0) is 15.7. The van der Waals surface area contributed by atoms with Crippen LogP contribution >= 0.6 is 0 Å². The summed E-state index contributed by atoms with van der Waals surface area (Å²) in [5.74, 6) is -2.07. The van der Waals surface area contributed by atoms with Crippen molar-refractivity contribution in [2.75, 3.05) is 7.11 Å². The zero-order valence-corrected chi connectivity index (χ0v) is 15.1. The third-order valence-electron chi connectivity index (χ3n) is 2.36. The first kappa shape index (κ1) is 20.9. The normalized spacial score (nSPS) is 11.5. The maximum Gasteiger partial charge on any atom is 1.00 e. The molecule has 1 rings (SSSR count). The number of rotatable bonds is 4. The molecule has 0 bridgehead atoms. The molecule has 0 aromatic heterocycles. The number of esters is 1. The monoisotopic (exact) mass is 354 g/mol. The fourth-order valence-corrected chi connectivity index (χ4v) is 1.87. The summed E-state index contributed by atoms with van der Waals surface area (Å²) in [6, 6.07) is 1.14. The molecule has 0 unspecified atom stereocenters. The minimum Gasteiger partial charge on any atom is -0.465 e. The van der Waals surface area contributed by atoms with Crippen molar-refractivity contribution in [2.24, 2.45) is 0 Å². The van der Waals surface area contributed by atoms with Crippen molar-refractivity contribution in [1.29, 1.82) is 0 Å². The first-order valence-electron chi connectivity index (χ1n) is 5.02. The largest absolute Gasteiger partial charge is 1.00 e. The van der Waals surface area contributed by atoms with Crippen LogP contribution < -0.4 is 61.0 Å². The summed E-state index contributed by atoms with van der Waals surface area (Å²) in [7, 11) is -4.60. The van der Waals surface area contributed by atoms with Crippen LogP contribution in [0.3, 0.4) is 0 Å². The van der Waals surface area contributed by atoms with Gasteiger partial charge >= 0.3 is 74.8 Å². The summed E-state index contributed by atoms with van der Waals surface area (Å²) in [6.07, 6.45) is 0. The van der Waals surface area contributed by atoms with E-state index in [1.165, 1.54) is 0 Å². The average molecular weight is 354 g/mol. The zero-order valence-electron chi connectivity index (χ0n) is 11.2. The molecule has 0 heterocycles. The molecule has 0 amide bonds. The molecule has 12 heteroatoms. The van der Waals surface area contributed by atoms with Crippen LogP contribution in [0.1, 0.15) is 15.9 Å². The number of halogens is 4. The fourth-order valence-electron chi connectivity index (χ4n) is 1.48. The van der Waals surface area contributed by atoms with Crippen LogP contribution in [0.4, 0.5) is 16.8 Å². The molecule has 21 heavy (non-hydrogen) atoms. The van der Waals surface area contributed by atoms with Gasteiger partial charge in [0.2, 0.25) is 0 Å². The predicted octanol–water partition coefficient (Wildman–Crippen LogP) is -1.57. The predicted molar refractivity (Wildman–Crippen MR) is 61.9 cm³/mol. The molecule has 0 aliphatic carbocycles. The number of hydrogen-bond donors (Lipinski definition) is 0. The number of carbonyl (C=O) groups is 1. The molecule has 5 nitrogen and oxygen atoms in total. The van der Waals surface area contributed by atoms with Gasteiger partial charge in [0.15, 0.2) is 0 Å². The number of benzene rings is 1. The van der Waals surface area contributed by atoms with E-state index in [0.717, 1.165) is 14.0 Å². The Hall–Kier alpha value is -0.139. The van der Waals surface area contributed by atoms with Crippen LogP contribution in [-0.4, -0.2) is 28.5 Å². The molecule has 0 spiro atoms. The van der Waals surface area contributed by atoms with Crippen molar-refractivity contribution in [3.63, 3.8) is 0 Å². The van der Waals surface area contributed by atoms with E-state index in [4.69, 9.17) is 0 Å². The number of methoxy groups -OCH3 is 1. The SMILES string of the molecule is COC(=O)c1cc(OS(=O)(=O)F)c(C)c([B-](F)(F)F)c1.[K+]. The molecule has 1 aromatic rings. The smallest absolute Gasteiger partial charge is 0.465 e. The molecule has 0 atom stereocenters. The van der Waals surface area contributed by atoms with Gasteiger partial charge in [-0.05, 0) is 18.6 Å². The second-order valence-corrected chi connectivity index (χ2v) is 4.68. The summed E-state index contributed by atoms with van der Waals surface area (Å²) >= 11 is 0. The molecule has 0 aliphatic heterocycles. The maximum absolute atomic E-state index is 12.8. The Kier molecular flexibility index (Phi) is 7.37. The Morgan fingerprint density at radius 2 is 1.76 bits per heavy atom. The Morgan fingerprint density at radius 1 is 1.24 bits per heavy atom. The maximum atomic E-state index is 12.8. The molecule has 0 saturated heterocycles. The summed E-state index contributed by atoms with van der Waals surface area (Å²) in [6.45, 7) is -4.66. The molecule has 1 aromatic carbocycles. The average Bonchev–Trinajstić information content (AvgIpc) is 2.27. The van der Waals surface area contributed by atoms with E-state index in [1.807, 2.05) is 0 Å². The molecular formula is C9H8BF4KO5S. The molecule has 112 valence electrons. The van der Waals surface area contributed by atoms with Crippen molar-refractivity contribution in [3.05, 3.63) is 23.3 Å². The topological polar surface area (TPSA) is 69.7 Å². The quantitative estimate of drug-likeness (QED) is 0.283. The Balaban J connectivity index is 0.00000400. The van der Waals surface area contributed by atoms with Crippen LogP contribution in [0.15, 0.2) is 12.1 Å². The van der Waals surface area contributed by atoms with Crippen LogP contribution in [0.5, 0.6) is 5.75 Å².